The van der Waals surface area contributed by atoms with Crippen LogP contribution in [0.5, 0.6) is 0 Å². The molecule has 2 atom stereocenters. The number of rotatable bonds is 6. The number of nitrogens with one attached hydrogen (secondary N) is 3. The lowest BCUT2D eigenvalue weighted by Crippen LogP contribution is -2.42. The molecule has 11 heteroatoms. The van der Waals surface area contributed by atoms with Gasteiger partial charge in [-0.3, -0.25) is 10.00 Å². The van der Waals surface area contributed by atoms with Crippen molar-refractivity contribution in [3.63, 3.8) is 0 Å². The van der Waals surface area contributed by atoms with E-state index in [4.69, 9.17) is 4.74 Å². The molecule has 3 aliphatic rings. The smallest absolute Gasteiger partial charge is 0.381 e. The summed E-state index contributed by atoms with van der Waals surface area (Å²) in [6.07, 6.45) is -2.43. The molecular formula is C27H31F3N6O2. The summed E-state index contributed by atoms with van der Waals surface area (Å²) in [6, 6.07) is 13.6. The quantitative estimate of drug-likeness (QED) is 0.429. The minimum Gasteiger partial charge on any atom is -0.381 e. The number of anilines is 2. The minimum absolute atomic E-state index is 0.0839. The van der Waals surface area contributed by atoms with Gasteiger partial charge >= 0.3 is 12.2 Å². The third kappa shape index (κ3) is 5.30. The molecule has 6 rings (SSSR count). The molecule has 8 nitrogen and oxygen atoms in total. The van der Waals surface area contributed by atoms with Crippen molar-refractivity contribution in [2.24, 2.45) is 5.92 Å². The molecule has 2 fully saturated rings. The third-order valence-corrected chi connectivity index (χ3v) is 7.84. The maximum atomic E-state index is 13.2. The van der Waals surface area contributed by atoms with E-state index in [1.54, 1.807) is 4.90 Å². The molecule has 202 valence electrons. The zero-order valence-corrected chi connectivity index (χ0v) is 20.9. The van der Waals surface area contributed by atoms with Crippen molar-refractivity contribution in [3.05, 3.63) is 53.6 Å². The standard InChI is InChI=1S/C27H31F3N6O2/c28-27(29,30)16-35-12-19(22(15-35)17-4-2-1-3-5-17)14-36-13-18-10-21-24(11-23(18)32-26(36)37)33-34-25(21)31-20-6-8-38-9-7-20/h1-5,10-11,19-20,22H,6-9,12-16H2,(H,32,37)(H2,31,33,34)/t19?,22-/m0/s1. The number of aromatic nitrogens is 2. The Morgan fingerprint density at radius 2 is 1.89 bits per heavy atom. The molecule has 0 bridgehead atoms. The molecule has 2 saturated heterocycles. The second-order valence-electron chi connectivity index (χ2n) is 10.6. The maximum absolute atomic E-state index is 13.2. The van der Waals surface area contributed by atoms with E-state index < -0.39 is 12.7 Å². The number of amides is 2. The fraction of sp³-hybridized carbons (Fsp3) is 0.481. The Balaban J connectivity index is 1.22. The van der Waals surface area contributed by atoms with Gasteiger partial charge in [-0.25, -0.2) is 4.79 Å². The number of aromatic amines is 1. The Morgan fingerprint density at radius 3 is 2.66 bits per heavy atom. The molecule has 3 aromatic rings. The van der Waals surface area contributed by atoms with E-state index in [1.807, 2.05) is 42.5 Å². The zero-order chi connectivity index (χ0) is 26.3. The predicted molar refractivity (Wildman–Crippen MR) is 138 cm³/mol. The van der Waals surface area contributed by atoms with Crippen LogP contribution in [-0.4, -0.2) is 77.6 Å². The van der Waals surface area contributed by atoms with Crippen LogP contribution in [0.15, 0.2) is 42.5 Å². The average Bonchev–Trinajstić information content (AvgIpc) is 3.46. The first-order chi connectivity index (χ1) is 18.3. The Kier molecular flexibility index (Phi) is 6.65. The molecule has 38 heavy (non-hydrogen) atoms. The molecule has 3 N–H and O–H groups in total. The van der Waals surface area contributed by atoms with Crippen LogP contribution >= 0.6 is 0 Å². The number of carbonyl (C=O) groups is 1. The number of hydrogen-bond donors (Lipinski definition) is 3. The van der Waals surface area contributed by atoms with Gasteiger partial charge in [0.15, 0.2) is 5.82 Å². The molecule has 1 unspecified atom stereocenters. The molecule has 2 amide bonds. The van der Waals surface area contributed by atoms with Crippen LogP contribution in [0.2, 0.25) is 0 Å². The Hall–Kier alpha value is -3.31. The SMILES string of the molecule is O=C1Nc2cc3[nH]nc(NC4CCOCC4)c3cc2CN1CC1CN(CC(F)(F)F)C[C@H]1c1ccccc1. The maximum Gasteiger partial charge on any atom is 0.401 e. The predicted octanol–water partition coefficient (Wildman–Crippen LogP) is 4.78. The summed E-state index contributed by atoms with van der Waals surface area (Å²) in [5.74, 6) is 0.579. The van der Waals surface area contributed by atoms with Crippen molar-refractivity contribution in [3.8, 4) is 0 Å². The summed E-state index contributed by atoms with van der Waals surface area (Å²) in [5.41, 5.74) is 3.51. The number of fused-ring (bicyclic) bond motifs is 2. The summed E-state index contributed by atoms with van der Waals surface area (Å²) in [4.78, 5) is 16.3. The number of nitrogens with zero attached hydrogens (tertiary/aromatic N) is 3. The monoisotopic (exact) mass is 528 g/mol. The van der Waals surface area contributed by atoms with Gasteiger partial charge in [-0.2, -0.15) is 18.3 Å². The van der Waals surface area contributed by atoms with Crippen molar-refractivity contribution in [2.75, 3.05) is 50.0 Å². The summed E-state index contributed by atoms with van der Waals surface area (Å²) >= 11 is 0. The average molecular weight is 529 g/mol. The summed E-state index contributed by atoms with van der Waals surface area (Å²) in [5, 5.41) is 15.0. The van der Waals surface area contributed by atoms with E-state index in [0.717, 1.165) is 59.6 Å². The number of likely N-dealkylation sites (tertiary alicyclic amines) is 1. The van der Waals surface area contributed by atoms with Gasteiger partial charge in [0.05, 0.1) is 12.1 Å². The van der Waals surface area contributed by atoms with Gasteiger partial charge in [0.1, 0.15) is 0 Å². The molecule has 4 heterocycles. The third-order valence-electron chi connectivity index (χ3n) is 7.84. The number of alkyl halides is 3. The molecule has 0 spiro atoms. The van der Waals surface area contributed by atoms with Gasteiger partial charge in [0.2, 0.25) is 0 Å². The van der Waals surface area contributed by atoms with Crippen LogP contribution < -0.4 is 10.6 Å². The molecule has 1 aromatic heterocycles. The first kappa shape index (κ1) is 25.0. The Bertz CT molecular complexity index is 1290. The highest BCUT2D eigenvalue weighted by Gasteiger charge is 2.41. The highest BCUT2D eigenvalue weighted by atomic mass is 19.4. The van der Waals surface area contributed by atoms with Gasteiger partial charge in [-0.1, -0.05) is 30.3 Å². The normalized spacial score (nSPS) is 23.0. The number of benzene rings is 2. The van der Waals surface area contributed by atoms with Crippen LogP contribution in [0.25, 0.3) is 10.9 Å². The van der Waals surface area contributed by atoms with Crippen LogP contribution in [0, 0.1) is 5.92 Å². The molecule has 0 saturated carbocycles. The summed E-state index contributed by atoms with van der Waals surface area (Å²) in [7, 11) is 0. The lowest BCUT2D eigenvalue weighted by Gasteiger charge is -2.33. The largest absolute Gasteiger partial charge is 0.401 e. The number of H-pyrrole nitrogens is 1. The van der Waals surface area contributed by atoms with Crippen LogP contribution in [0.3, 0.4) is 0 Å². The van der Waals surface area contributed by atoms with Gasteiger partial charge in [0.25, 0.3) is 0 Å². The second-order valence-corrected chi connectivity index (χ2v) is 10.6. The Morgan fingerprint density at radius 1 is 1.11 bits per heavy atom. The van der Waals surface area contributed by atoms with Crippen molar-refractivity contribution < 1.29 is 22.7 Å². The lowest BCUT2D eigenvalue weighted by atomic mass is 9.88. The van der Waals surface area contributed by atoms with E-state index in [-0.39, 0.29) is 24.4 Å². The number of halogens is 3. The van der Waals surface area contributed by atoms with Gasteiger partial charge in [-0.15, -0.1) is 0 Å². The molecule has 3 aliphatic heterocycles. The number of ether oxygens (including phenoxy) is 1. The first-order valence-corrected chi connectivity index (χ1v) is 13.1. The van der Waals surface area contributed by atoms with Gasteiger partial charge in [0, 0.05) is 62.4 Å². The van der Waals surface area contributed by atoms with E-state index in [9.17, 15) is 18.0 Å². The molecule has 2 aromatic carbocycles. The highest BCUT2D eigenvalue weighted by Crippen LogP contribution is 2.37. The fourth-order valence-corrected chi connectivity index (χ4v) is 6.01. The number of hydrogen-bond acceptors (Lipinski definition) is 5. The van der Waals surface area contributed by atoms with Crippen LogP contribution in [-0.2, 0) is 11.3 Å². The van der Waals surface area contributed by atoms with E-state index in [1.165, 1.54) is 4.90 Å². The second kappa shape index (κ2) is 10.1. The summed E-state index contributed by atoms with van der Waals surface area (Å²) in [6.45, 7) is 1.87. The van der Waals surface area contributed by atoms with Crippen molar-refractivity contribution in [1.82, 2.24) is 20.0 Å². The molecule has 0 aliphatic carbocycles. The van der Waals surface area contributed by atoms with E-state index in [2.05, 4.69) is 20.8 Å². The van der Waals surface area contributed by atoms with Crippen molar-refractivity contribution in [2.45, 2.75) is 37.5 Å². The number of urea groups is 1. The molecular weight excluding hydrogens is 497 g/mol. The first-order valence-electron chi connectivity index (χ1n) is 13.1. The highest BCUT2D eigenvalue weighted by molar-refractivity contribution is 5.99. The van der Waals surface area contributed by atoms with Gasteiger partial charge in [-0.05, 0) is 42.0 Å². The van der Waals surface area contributed by atoms with Crippen molar-refractivity contribution in [1.29, 1.82) is 0 Å². The van der Waals surface area contributed by atoms with E-state index >= 15 is 0 Å². The van der Waals surface area contributed by atoms with Crippen LogP contribution in [0.1, 0.15) is 29.9 Å². The van der Waals surface area contributed by atoms with E-state index in [0.29, 0.717) is 25.7 Å². The minimum atomic E-state index is -4.26. The lowest BCUT2D eigenvalue weighted by molar-refractivity contribution is -0.143. The topological polar surface area (TPSA) is 85.5 Å². The molecule has 0 radical (unpaired) electrons. The Labute approximate surface area is 218 Å². The zero-order valence-electron chi connectivity index (χ0n) is 20.9. The van der Waals surface area contributed by atoms with Crippen molar-refractivity contribution >= 4 is 28.4 Å². The number of carbonyl (C=O) groups excluding carboxylic acids is 1. The summed E-state index contributed by atoms with van der Waals surface area (Å²) < 4.78 is 45.0. The van der Waals surface area contributed by atoms with Crippen LogP contribution in [0.4, 0.5) is 29.5 Å². The fourth-order valence-electron chi connectivity index (χ4n) is 6.01. The van der Waals surface area contributed by atoms with Gasteiger partial charge < -0.3 is 20.3 Å².